The summed E-state index contributed by atoms with van der Waals surface area (Å²) in [7, 11) is 2.60. The maximum Gasteiger partial charge on any atom is 0.326 e. The van der Waals surface area contributed by atoms with Gasteiger partial charge >= 0.3 is 5.97 Å². The van der Waals surface area contributed by atoms with Crippen LogP contribution in [0.15, 0.2) is 30.3 Å². The first kappa shape index (κ1) is 53.3. The number of carboxylic acid groups (broad SMARTS) is 1. The number of carboxylic acids is 1. The molecule has 9 N–H and O–H groups in total. The number of phenols is 1. The number of carbonyl (C=O) groups is 7. The smallest absolute Gasteiger partial charge is 0.326 e. The van der Waals surface area contributed by atoms with Crippen molar-refractivity contribution in [2.75, 3.05) is 32.5 Å². The molecule has 20 nitrogen and oxygen atoms in total. The highest BCUT2D eigenvalue weighted by molar-refractivity contribution is 5.96. The highest BCUT2D eigenvalue weighted by Gasteiger charge is 2.34. The lowest BCUT2D eigenvalue weighted by atomic mass is 9.93. The maximum atomic E-state index is 13.9. The number of phenolic OH excluding ortho intramolecular Hbond substituents is 1. The number of hydrogen-bond acceptors (Lipinski definition) is 13. The average molecular weight is 913 g/mol. The molecule has 0 aliphatic carbocycles. The van der Waals surface area contributed by atoms with E-state index in [1.54, 1.807) is 0 Å². The van der Waals surface area contributed by atoms with Crippen molar-refractivity contribution in [3.8, 4) is 22.6 Å². The summed E-state index contributed by atoms with van der Waals surface area (Å²) in [5.74, 6) is -6.99. The number of unbranched alkanes of at least 4 members (excludes halogenated alkanes) is 7. The number of nitrogens with one attached hydrogen (secondary N) is 4. The minimum atomic E-state index is -1.63. The Balaban J connectivity index is 1.70. The van der Waals surface area contributed by atoms with Gasteiger partial charge in [-0.2, -0.15) is 0 Å². The number of nitrogens with zero attached hydrogens (tertiary/aromatic N) is 3. The molecule has 1 heterocycles. The summed E-state index contributed by atoms with van der Waals surface area (Å²) in [6.45, 7) is 5.64. The summed E-state index contributed by atoms with van der Waals surface area (Å²) in [4.78, 5) is 94.2. The molecule has 4 bridgehead atoms. The number of likely N-dealkylation sites (N-methyl/N-ethyl adjacent to an activating group) is 2. The molecule has 1 aliphatic rings. The molecule has 0 radical (unpaired) electrons. The van der Waals surface area contributed by atoms with E-state index in [1.807, 2.05) is 0 Å². The van der Waals surface area contributed by atoms with Gasteiger partial charge in [0.1, 0.15) is 36.0 Å². The van der Waals surface area contributed by atoms with Gasteiger partial charge in [-0.3, -0.25) is 39.2 Å². The van der Waals surface area contributed by atoms with Gasteiger partial charge in [0.15, 0.2) is 0 Å². The van der Waals surface area contributed by atoms with E-state index in [2.05, 4.69) is 35.1 Å². The predicted molar refractivity (Wildman–Crippen MR) is 235 cm³/mol. The molecule has 3 rings (SSSR count). The summed E-state index contributed by atoms with van der Waals surface area (Å²) in [6, 6.07) is -1.41. The zero-order valence-corrected chi connectivity index (χ0v) is 38.1. The van der Waals surface area contributed by atoms with Crippen LogP contribution in [0.25, 0.3) is 11.1 Å². The second-order valence-corrected chi connectivity index (χ2v) is 16.8. The standard InChI is InChI=1S/C45H67N7O13/c1-7-26(2)16-14-12-10-8-9-11-13-15-17-37(55)50(5)35(25-53)43(60)47-27(3)41(58)46-24-38(56)51(6)39-30-18-19-36(54)31(23-30)32-20-29(22-34(40(32)57)52(64)65)21-33(45(62)63)49-42(59)28(4)48-44(39)61/h18-20,22-23,26-28,33,35,39,53-54,57,64-65H,7-17,21,24-25H2,1-6H3,(H,46,58)(H,47,60)(H,48,61)(H,49,59)(H,62,63)/p-1/t26-,27+,28-,33-,35+,39+/m0/s1. The summed E-state index contributed by atoms with van der Waals surface area (Å²) < 4.78 is 0. The zero-order valence-electron chi connectivity index (χ0n) is 38.1. The Morgan fingerprint density at radius 1 is 0.862 bits per heavy atom. The molecule has 20 heteroatoms. The molecule has 2 aromatic carbocycles. The van der Waals surface area contributed by atoms with Crippen LogP contribution in [0.3, 0.4) is 0 Å². The molecule has 0 fully saturated rings. The molecule has 65 heavy (non-hydrogen) atoms. The molecule has 6 atom stereocenters. The number of rotatable bonds is 22. The summed E-state index contributed by atoms with van der Waals surface area (Å²) in [6.07, 6.45) is 10.6. The fourth-order valence-corrected chi connectivity index (χ4v) is 7.44. The van der Waals surface area contributed by atoms with E-state index in [0.717, 1.165) is 53.5 Å². The van der Waals surface area contributed by atoms with E-state index >= 15 is 0 Å². The van der Waals surface area contributed by atoms with Crippen molar-refractivity contribution in [1.29, 1.82) is 0 Å². The number of fused-ring (bicyclic) bond motifs is 5. The minimum absolute atomic E-state index is 0.00524. The van der Waals surface area contributed by atoms with Gasteiger partial charge in [0.25, 0.3) is 0 Å². The van der Waals surface area contributed by atoms with Gasteiger partial charge in [-0.25, -0.2) is 4.79 Å². The van der Waals surface area contributed by atoms with E-state index in [4.69, 9.17) is 0 Å². The molecule has 6 amide bonds. The van der Waals surface area contributed by atoms with E-state index in [0.29, 0.717) is 6.42 Å². The molecular weight excluding hydrogens is 847 g/mol. The summed E-state index contributed by atoms with van der Waals surface area (Å²) >= 11 is 0. The largest absolute Gasteiger partial charge is 0.871 e. The van der Waals surface area contributed by atoms with Crippen molar-refractivity contribution in [1.82, 2.24) is 31.1 Å². The number of aliphatic carboxylic acids is 1. The maximum absolute atomic E-state index is 13.9. The van der Waals surface area contributed by atoms with Gasteiger partial charge in [-0.05, 0) is 61.1 Å². The number of benzene rings is 2. The second-order valence-electron chi connectivity index (χ2n) is 16.8. The highest BCUT2D eigenvalue weighted by atomic mass is 16.8. The minimum Gasteiger partial charge on any atom is -0.871 e. The quantitative estimate of drug-likeness (QED) is 0.0605. The fourth-order valence-electron chi connectivity index (χ4n) is 7.44. The number of carbonyl (C=O) groups excluding carboxylic acids is 6. The number of aliphatic hydroxyl groups excluding tert-OH is 1. The third-order valence-corrected chi connectivity index (χ3v) is 11.8. The van der Waals surface area contributed by atoms with Crippen LogP contribution < -0.4 is 31.6 Å². The van der Waals surface area contributed by atoms with E-state index < -0.39 is 108 Å². The Kier molecular flexibility index (Phi) is 20.9. The third kappa shape index (κ3) is 15.3. The SMILES string of the molecule is CC[C@H](C)CCCCCCCCCCC(=O)N(C)[C@H](CO)C(=O)N[C@H](C)C(=O)NCC(=O)N(C)[C@H]1C(=O)N[C@@H](C)C(=O)N[C@H](C(=O)O)Cc2cc(c([O-])c(N(O)O)c2)-c2cc1ccc2O. The van der Waals surface area contributed by atoms with Gasteiger partial charge in [0.2, 0.25) is 35.4 Å². The Hall–Kier alpha value is -5.99. The van der Waals surface area contributed by atoms with Gasteiger partial charge in [0.05, 0.1) is 18.8 Å². The van der Waals surface area contributed by atoms with Crippen LogP contribution in [0.5, 0.6) is 11.5 Å². The third-order valence-electron chi connectivity index (χ3n) is 11.8. The van der Waals surface area contributed by atoms with Crippen LogP contribution in [0.1, 0.15) is 115 Å². The molecule has 0 aromatic heterocycles. The van der Waals surface area contributed by atoms with Gasteiger partial charge in [0, 0.05) is 32.5 Å². The topological polar surface area (TPSA) is 302 Å². The van der Waals surface area contributed by atoms with Crippen LogP contribution in [-0.4, -0.2) is 128 Å². The number of aliphatic hydroxyl groups is 1. The number of hydrogen-bond donors (Lipinski definition) is 9. The molecule has 1 aliphatic heterocycles. The summed E-state index contributed by atoms with van der Waals surface area (Å²) in [5, 5.41) is 73.0. The van der Waals surface area contributed by atoms with Gasteiger partial charge < -0.3 is 51.5 Å². The number of amides is 6. The highest BCUT2D eigenvalue weighted by Crippen LogP contribution is 2.42. The predicted octanol–water partition coefficient (Wildman–Crippen LogP) is 2.23. The van der Waals surface area contributed by atoms with E-state index in [9.17, 15) is 64.4 Å². The number of anilines is 1. The monoisotopic (exact) mass is 912 g/mol. The van der Waals surface area contributed by atoms with Crippen LogP contribution in [0.4, 0.5) is 5.69 Å². The van der Waals surface area contributed by atoms with Crippen molar-refractivity contribution in [3.05, 3.63) is 41.5 Å². The average Bonchev–Trinajstić information content (AvgIpc) is 3.26. The van der Waals surface area contributed by atoms with E-state index in [-0.39, 0.29) is 34.6 Å². The Morgan fingerprint density at radius 2 is 1.49 bits per heavy atom. The van der Waals surface area contributed by atoms with Crippen molar-refractivity contribution in [2.45, 2.75) is 135 Å². The lowest BCUT2D eigenvalue weighted by Gasteiger charge is -2.31. The summed E-state index contributed by atoms with van der Waals surface area (Å²) in [5.41, 5.74) is -1.27. The molecular formula is C45H66N7O13-. The van der Waals surface area contributed by atoms with Crippen LogP contribution in [0.2, 0.25) is 0 Å². The normalized spacial score (nSPS) is 17.6. The van der Waals surface area contributed by atoms with Crippen LogP contribution in [0, 0.1) is 5.92 Å². The van der Waals surface area contributed by atoms with Gasteiger partial charge in [-0.15, -0.1) is 5.23 Å². The zero-order chi connectivity index (χ0) is 48.5. The van der Waals surface area contributed by atoms with Crippen molar-refractivity contribution in [2.24, 2.45) is 5.92 Å². The van der Waals surface area contributed by atoms with Gasteiger partial charge in [-0.1, -0.05) is 89.5 Å². The Bertz CT molecular complexity index is 2000. The Labute approximate surface area is 379 Å². The molecule has 2 aromatic rings. The molecule has 0 unspecified atom stereocenters. The number of aromatic hydroxyl groups is 1. The first-order chi connectivity index (χ1) is 30.7. The van der Waals surface area contributed by atoms with Crippen molar-refractivity contribution >= 4 is 47.1 Å². The first-order valence-electron chi connectivity index (χ1n) is 22.1. The molecule has 360 valence electrons. The van der Waals surface area contributed by atoms with E-state index in [1.165, 1.54) is 78.2 Å². The lowest BCUT2D eigenvalue weighted by molar-refractivity contribution is -0.267. The first-order valence-corrected chi connectivity index (χ1v) is 22.1. The van der Waals surface area contributed by atoms with Crippen molar-refractivity contribution < 1.29 is 64.4 Å². The van der Waals surface area contributed by atoms with Crippen molar-refractivity contribution in [3.63, 3.8) is 0 Å². The molecule has 0 saturated carbocycles. The van der Waals surface area contributed by atoms with Crippen LogP contribution in [-0.2, 0) is 40.0 Å². The molecule has 0 spiro atoms. The fraction of sp³-hybridized carbons (Fsp3) is 0.578. The lowest BCUT2D eigenvalue weighted by Crippen LogP contribution is -2.55. The van der Waals surface area contributed by atoms with Crippen LogP contribution >= 0.6 is 0 Å². The Morgan fingerprint density at radius 3 is 2.09 bits per heavy atom. The second kappa shape index (κ2) is 25.5. The molecule has 0 saturated heterocycles.